The molecule has 0 radical (unpaired) electrons. The number of likely N-dealkylation sites (tertiary alicyclic amines) is 1. The van der Waals surface area contributed by atoms with E-state index in [1.165, 1.54) is 0 Å². The summed E-state index contributed by atoms with van der Waals surface area (Å²) in [6, 6.07) is 9.62. The van der Waals surface area contributed by atoms with Crippen LogP contribution in [0.15, 0.2) is 30.3 Å². The number of anilines is 1. The van der Waals surface area contributed by atoms with E-state index in [1.54, 1.807) is 4.90 Å². The molecular formula is C20H27N3O3. The number of hydrogen-bond acceptors (Lipinski definition) is 3. The number of rotatable bonds is 6. The number of hydrogen-bond donors (Lipinski definition) is 1. The second-order valence-electron chi connectivity index (χ2n) is 7.16. The van der Waals surface area contributed by atoms with Gasteiger partial charge in [0.1, 0.15) is 0 Å². The molecule has 3 amide bonds. The van der Waals surface area contributed by atoms with Gasteiger partial charge in [-0.25, -0.2) is 0 Å². The maximum Gasteiger partial charge on any atom is 0.227 e. The maximum atomic E-state index is 12.2. The van der Waals surface area contributed by atoms with Crippen molar-refractivity contribution in [2.45, 2.75) is 38.5 Å². The summed E-state index contributed by atoms with van der Waals surface area (Å²) in [4.78, 5) is 39.9. The summed E-state index contributed by atoms with van der Waals surface area (Å²) in [6.45, 7) is 2.38. The number of amides is 3. The third-order valence-corrected chi connectivity index (χ3v) is 5.14. The van der Waals surface area contributed by atoms with Crippen LogP contribution in [0, 0.1) is 5.92 Å². The highest BCUT2D eigenvalue weighted by atomic mass is 16.2. The first kappa shape index (κ1) is 18.4. The van der Waals surface area contributed by atoms with Crippen LogP contribution in [0.2, 0.25) is 0 Å². The number of carbonyl (C=O) groups is 3. The molecule has 1 N–H and O–H groups in total. The molecule has 2 fully saturated rings. The SMILES string of the molecule is O=C(CCN1CCCCCC1=O)NCC1CC(=O)N(c2ccccc2)C1. The van der Waals surface area contributed by atoms with Gasteiger partial charge in [0, 0.05) is 57.0 Å². The van der Waals surface area contributed by atoms with Crippen molar-refractivity contribution in [2.24, 2.45) is 5.92 Å². The Morgan fingerprint density at radius 1 is 1.08 bits per heavy atom. The van der Waals surface area contributed by atoms with E-state index in [0.717, 1.165) is 31.5 Å². The van der Waals surface area contributed by atoms with Gasteiger partial charge in [-0.15, -0.1) is 0 Å². The zero-order valence-corrected chi connectivity index (χ0v) is 15.2. The van der Waals surface area contributed by atoms with Gasteiger partial charge in [-0.05, 0) is 25.0 Å². The number of nitrogens with zero attached hydrogens (tertiary/aromatic N) is 2. The lowest BCUT2D eigenvalue weighted by atomic mass is 10.1. The predicted octanol–water partition coefficient (Wildman–Crippen LogP) is 1.95. The van der Waals surface area contributed by atoms with Gasteiger partial charge in [-0.2, -0.15) is 0 Å². The Kier molecular flexibility index (Phi) is 6.26. The summed E-state index contributed by atoms with van der Waals surface area (Å²) in [5.41, 5.74) is 0.908. The van der Waals surface area contributed by atoms with Crippen molar-refractivity contribution in [3.8, 4) is 0 Å². The number of para-hydroxylation sites is 1. The summed E-state index contributed by atoms with van der Waals surface area (Å²) in [7, 11) is 0. The Morgan fingerprint density at radius 2 is 1.88 bits per heavy atom. The van der Waals surface area contributed by atoms with Crippen LogP contribution >= 0.6 is 0 Å². The Hall–Kier alpha value is -2.37. The molecule has 6 heteroatoms. The first-order valence-corrected chi connectivity index (χ1v) is 9.53. The maximum absolute atomic E-state index is 12.2. The Balaban J connectivity index is 1.41. The van der Waals surface area contributed by atoms with Crippen molar-refractivity contribution < 1.29 is 14.4 Å². The fourth-order valence-electron chi connectivity index (χ4n) is 3.63. The van der Waals surface area contributed by atoms with Crippen LogP contribution < -0.4 is 10.2 Å². The van der Waals surface area contributed by atoms with Gasteiger partial charge in [0.15, 0.2) is 0 Å². The minimum absolute atomic E-state index is 0.0485. The van der Waals surface area contributed by atoms with E-state index in [9.17, 15) is 14.4 Å². The van der Waals surface area contributed by atoms with Crippen molar-refractivity contribution in [1.82, 2.24) is 10.2 Å². The molecule has 6 nitrogen and oxygen atoms in total. The molecule has 0 aliphatic carbocycles. The number of nitrogens with one attached hydrogen (secondary N) is 1. The number of carbonyl (C=O) groups excluding carboxylic acids is 3. The molecular weight excluding hydrogens is 330 g/mol. The summed E-state index contributed by atoms with van der Waals surface area (Å²) in [5, 5.41) is 2.93. The van der Waals surface area contributed by atoms with E-state index < -0.39 is 0 Å². The summed E-state index contributed by atoms with van der Waals surface area (Å²) in [6.07, 6.45) is 4.44. The summed E-state index contributed by atoms with van der Waals surface area (Å²) < 4.78 is 0. The highest BCUT2D eigenvalue weighted by molar-refractivity contribution is 5.95. The molecule has 1 aromatic carbocycles. The largest absolute Gasteiger partial charge is 0.356 e. The minimum atomic E-state index is -0.0485. The quantitative estimate of drug-likeness (QED) is 0.846. The van der Waals surface area contributed by atoms with Crippen molar-refractivity contribution in [1.29, 1.82) is 0 Å². The van der Waals surface area contributed by atoms with Gasteiger partial charge in [0.05, 0.1) is 0 Å². The molecule has 26 heavy (non-hydrogen) atoms. The van der Waals surface area contributed by atoms with Crippen molar-refractivity contribution in [3.05, 3.63) is 30.3 Å². The fourth-order valence-corrected chi connectivity index (χ4v) is 3.63. The molecule has 1 atom stereocenters. The molecule has 2 saturated heterocycles. The second-order valence-corrected chi connectivity index (χ2v) is 7.16. The van der Waals surface area contributed by atoms with Crippen LogP contribution in [0.4, 0.5) is 5.69 Å². The first-order chi connectivity index (χ1) is 12.6. The molecule has 0 bridgehead atoms. The summed E-state index contributed by atoms with van der Waals surface area (Å²) >= 11 is 0. The Labute approximate surface area is 154 Å². The second kappa shape index (κ2) is 8.83. The van der Waals surface area contributed by atoms with Crippen LogP contribution in [-0.4, -0.2) is 48.8 Å². The minimum Gasteiger partial charge on any atom is -0.356 e. The molecule has 0 spiro atoms. The van der Waals surface area contributed by atoms with Gasteiger partial charge < -0.3 is 15.1 Å². The van der Waals surface area contributed by atoms with Crippen LogP contribution in [0.5, 0.6) is 0 Å². The molecule has 2 aliphatic heterocycles. The van der Waals surface area contributed by atoms with Crippen LogP contribution in [-0.2, 0) is 14.4 Å². The van der Waals surface area contributed by atoms with Crippen molar-refractivity contribution in [2.75, 3.05) is 31.1 Å². The lowest BCUT2D eigenvalue weighted by Crippen LogP contribution is -2.36. The van der Waals surface area contributed by atoms with Gasteiger partial charge in [0.25, 0.3) is 0 Å². The van der Waals surface area contributed by atoms with E-state index in [0.29, 0.717) is 38.9 Å². The molecule has 140 valence electrons. The highest BCUT2D eigenvalue weighted by Crippen LogP contribution is 2.24. The van der Waals surface area contributed by atoms with Crippen LogP contribution in [0.1, 0.15) is 38.5 Å². The third kappa shape index (κ3) is 4.84. The third-order valence-electron chi connectivity index (χ3n) is 5.14. The molecule has 3 rings (SSSR count). The Bertz CT molecular complexity index is 647. The molecule has 0 aromatic heterocycles. The molecule has 1 aromatic rings. The topological polar surface area (TPSA) is 69.7 Å². The zero-order valence-electron chi connectivity index (χ0n) is 15.2. The van der Waals surface area contributed by atoms with Gasteiger partial charge in [-0.3, -0.25) is 14.4 Å². The zero-order chi connectivity index (χ0) is 18.4. The molecule has 0 saturated carbocycles. The highest BCUT2D eigenvalue weighted by Gasteiger charge is 2.30. The van der Waals surface area contributed by atoms with E-state index in [2.05, 4.69) is 5.32 Å². The smallest absolute Gasteiger partial charge is 0.227 e. The summed E-state index contributed by atoms with van der Waals surface area (Å²) in [5.74, 6) is 0.347. The van der Waals surface area contributed by atoms with Gasteiger partial charge in [-0.1, -0.05) is 24.6 Å². The van der Waals surface area contributed by atoms with E-state index >= 15 is 0 Å². The van der Waals surface area contributed by atoms with E-state index in [4.69, 9.17) is 0 Å². The van der Waals surface area contributed by atoms with Crippen molar-refractivity contribution in [3.63, 3.8) is 0 Å². The normalized spacial score (nSPS) is 21.0. The van der Waals surface area contributed by atoms with Gasteiger partial charge >= 0.3 is 0 Å². The van der Waals surface area contributed by atoms with E-state index in [-0.39, 0.29) is 23.6 Å². The average molecular weight is 357 g/mol. The average Bonchev–Trinajstić information content (AvgIpc) is 2.90. The predicted molar refractivity (Wildman–Crippen MR) is 99.6 cm³/mol. The molecule has 1 unspecified atom stereocenters. The lowest BCUT2D eigenvalue weighted by Gasteiger charge is -2.20. The lowest BCUT2D eigenvalue weighted by molar-refractivity contribution is -0.131. The molecule has 2 heterocycles. The van der Waals surface area contributed by atoms with E-state index in [1.807, 2.05) is 35.2 Å². The first-order valence-electron chi connectivity index (χ1n) is 9.53. The molecule has 2 aliphatic rings. The van der Waals surface area contributed by atoms with Crippen molar-refractivity contribution >= 4 is 23.4 Å². The monoisotopic (exact) mass is 357 g/mol. The standard InChI is InChI=1S/C20H27N3O3/c24-18(10-12-22-11-6-2-5-9-19(22)25)21-14-16-13-20(26)23(15-16)17-7-3-1-4-8-17/h1,3-4,7-8,16H,2,5-6,9-15H2,(H,21,24). The van der Waals surface area contributed by atoms with Crippen LogP contribution in [0.25, 0.3) is 0 Å². The Morgan fingerprint density at radius 3 is 2.69 bits per heavy atom. The number of benzene rings is 1. The fraction of sp³-hybridized carbons (Fsp3) is 0.550. The van der Waals surface area contributed by atoms with Crippen LogP contribution in [0.3, 0.4) is 0 Å². The van der Waals surface area contributed by atoms with Gasteiger partial charge in [0.2, 0.25) is 17.7 Å².